The number of carbonyl (C=O) groups is 1. The smallest absolute Gasteiger partial charge is 0.172 e. The maximum atomic E-state index is 11.1. The molecule has 4 heteroatoms. The van der Waals surface area contributed by atoms with E-state index in [1.165, 1.54) is 12.8 Å². The van der Waals surface area contributed by atoms with Gasteiger partial charge in [0.05, 0.1) is 12.2 Å². The lowest BCUT2D eigenvalue weighted by Gasteiger charge is -2.38. The van der Waals surface area contributed by atoms with Crippen molar-refractivity contribution in [3.63, 3.8) is 0 Å². The number of hydrogen-bond donors (Lipinski definition) is 0. The lowest BCUT2D eigenvalue weighted by atomic mass is 9.90. The van der Waals surface area contributed by atoms with Crippen molar-refractivity contribution in [2.24, 2.45) is 0 Å². The summed E-state index contributed by atoms with van der Waals surface area (Å²) >= 11 is 0. The van der Waals surface area contributed by atoms with Crippen LogP contribution in [0.15, 0.2) is 12.1 Å². The van der Waals surface area contributed by atoms with Crippen LogP contribution in [0.4, 0.5) is 0 Å². The van der Waals surface area contributed by atoms with E-state index in [2.05, 4.69) is 4.98 Å². The number of rotatable bonds is 3. The van der Waals surface area contributed by atoms with Gasteiger partial charge < -0.3 is 9.47 Å². The molecule has 1 saturated heterocycles. The van der Waals surface area contributed by atoms with Crippen molar-refractivity contribution >= 4 is 6.29 Å². The topological polar surface area (TPSA) is 48.4 Å². The van der Waals surface area contributed by atoms with Gasteiger partial charge in [0, 0.05) is 18.5 Å². The summed E-state index contributed by atoms with van der Waals surface area (Å²) in [7, 11) is 0. The first-order valence-electron chi connectivity index (χ1n) is 7.44. The third-order valence-corrected chi connectivity index (χ3v) is 4.39. The van der Waals surface area contributed by atoms with Gasteiger partial charge in [-0.15, -0.1) is 0 Å². The summed E-state index contributed by atoms with van der Waals surface area (Å²) in [4.78, 5) is 15.3. The zero-order valence-corrected chi connectivity index (χ0v) is 11.9. The minimum atomic E-state index is 0.0301. The van der Waals surface area contributed by atoms with E-state index in [-0.39, 0.29) is 11.7 Å². The van der Waals surface area contributed by atoms with Crippen LogP contribution in [-0.4, -0.2) is 29.6 Å². The molecule has 1 atom stereocenters. The third kappa shape index (κ3) is 2.70. The van der Waals surface area contributed by atoms with Gasteiger partial charge in [0.25, 0.3) is 0 Å². The van der Waals surface area contributed by atoms with E-state index in [0.717, 1.165) is 44.3 Å². The van der Waals surface area contributed by atoms with Crippen LogP contribution in [-0.2, 0) is 4.74 Å². The normalized spacial score (nSPS) is 24.8. The minimum absolute atomic E-state index is 0.0301. The highest BCUT2D eigenvalue weighted by atomic mass is 16.5. The summed E-state index contributed by atoms with van der Waals surface area (Å²) in [6.07, 6.45) is 7.49. The largest absolute Gasteiger partial charge is 0.488 e. The maximum absolute atomic E-state index is 11.1. The molecule has 0 radical (unpaired) electrons. The predicted octanol–water partition coefficient (Wildman–Crippen LogP) is 3.07. The van der Waals surface area contributed by atoms with Crippen molar-refractivity contribution in [1.29, 1.82) is 0 Å². The Morgan fingerprint density at radius 3 is 2.95 bits per heavy atom. The SMILES string of the molecule is Cc1ccc(OC2CCOC3(CCCC3)C2)c(C=O)n1. The number of nitrogens with zero attached hydrogens (tertiary/aromatic N) is 1. The number of aldehydes is 1. The molecule has 2 heterocycles. The van der Waals surface area contributed by atoms with Crippen LogP contribution >= 0.6 is 0 Å². The monoisotopic (exact) mass is 275 g/mol. The van der Waals surface area contributed by atoms with Gasteiger partial charge in [-0.3, -0.25) is 4.79 Å². The summed E-state index contributed by atoms with van der Waals surface area (Å²) in [5.41, 5.74) is 1.26. The molecular formula is C16H21NO3. The Labute approximate surface area is 119 Å². The number of hydrogen-bond acceptors (Lipinski definition) is 4. The standard InChI is InChI=1S/C16H21NO3/c1-12-4-5-15(14(11-18)17-12)20-13-6-9-19-16(10-13)7-2-3-8-16/h4-5,11,13H,2-3,6-10H2,1H3. The summed E-state index contributed by atoms with van der Waals surface area (Å²) < 4.78 is 12.1. The van der Waals surface area contributed by atoms with Crippen LogP contribution in [0.3, 0.4) is 0 Å². The van der Waals surface area contributed by atoms with E-state index in [0.29, 0.717) is 11.4 Å². The fourth-order valence-corrected chi connectivity index (χ4v) is 3.38. The molecule has 4 nitrogen and oxygen atoms in total. The number of aromatic nitrogens is 1. The number of ether oxygens (including phenoxy) is 2. The first-order valence-corrected chi connectivity index (χ1v) is 7.44. The molecule has 1 aliphatic carbocycles. The third-order valence-electron chi connectivity index (χ3n) is 4.39. The van der Waals surface area contributed by atoms with Gasteiger partial charge in [0.1, 0.15) is 17.5 Å². The van der Waals surface area contributed by atoms with Gasteiger partial charge in [0.15, 0.2) is 6.29 Å². The van der Waals surface area contributed by atoms with E-state index in [9.17, 15) is 4.79 Å². The highest BCUT2D eigenvalue weighted by Gasteiger charge is 2.40. The fourth-order valence-electron chi connectivity index (χ4n) is 3.38. The Morgan fingerprint density at radius 1 is 1.40 bits per heavy atom. The Balaban J connectivity index is 1.72. The Bertz CT molecular complexity index is 494. The molecule has 1 aromatic rings. The van der Waals surface area contributed by atoms with Gasteiger partial charge in [-0.25, -0.2) is 4.98 Å². The average Bonchev–Trinajstić information content (AvgIpc) is 2.89. The van der Waals surface area contributed by atoms with Gasteiger partial charge in [0.2, 0.25) is 0 Å². The van der Waals surface area contributed by atoms with Crippen molar-refractivity contribution in [1.82, 2.24) is 4.98 Å². The molecule has 0 aromatic carbocycles. The molecule has 1 aliphatic heterocycles. The van der Waals surface area contributed by atoms with E-state index >= 15 is 0 Å². The van der Waals surface area contributed by atoms with Crippen molar-refractivity contribution < 1.29 is 14.3 Å². The summed E-state index contributed by atoms with van der Waals surface area (Å²) in [6, 6.07) is 3.73. The van der Waals surface area contributed by atoms with Crippen LogP contribution in [0.25, 0.3) is 0 Å². The van der Waals surface area contributed by atoms with Gasteiger partial charge in [-0.05, 0) is 31.9 Å². The summed E-state index contributed by atoms with van der Waals surface area (Å²) in [6.45, 7) is 2.62. The van der Waals surface area contributed by atoms with Crippen LogP contribution in [0.2, 0.25) is 0 Å². The van der Waals surface area contributed by atoms with Crippen molar-refractivity contribution in [2.75, 3.05) is 6.61 Å². The Hall–Kier alpha value is -1.42. The van der Waals surface area contributed by atoms with Crippen LogP contribution in [0.5, 0.6) is 5.75 Å². The second-order valence-electron chi connectivity index (χ2n) is 5.93. The maximum Gasteiger partial charge on any atom is 0.172 e. The second kappa shape index (κ2) is 5.52. The molecule has 0 amide bonds. The van der Waals surface area contributed by atoms with Crippen molar-refractivity contribution in [3.8, 4) is 5.75 Å². The lowest BCUT2D eigenvalue weighted by molar-refractivity contribution is -0.108. The molecule has 1 aromatic heterocycles. The van der Waals surface area contributed by atoms with Gasteiger partial charge in [-0.1, -0.05) is 12.8 Å². The van der Waals surface area contributed by atoms with Crippen molar-refractivity contribution in [3.05, 3.63) is 23.5 Å². The van der Waals surface area contributed by atoms with Crippen molar-refractivity contribution in [2.45, 2.75) is 57.2 Å². The number of carbonyl (C=O) groups excluding carboxylic acids is 1. The molecule has 1 spiro atoms. The van der Waals surface area contributed by atoms with E-state index in [1.807, 2.05) is 19.1 Å². The number of aryl methyl sites for hydroxylation is 1. The highest BCUT2D eigenvalue weighted by molar-refractivity contribution is 5.76. The molecule has 0 bridgehead atoms. The van der Waals surface area contributed by atoms with E-state index in [4.69, 9.17) is 9.47 Å². The first-order chi connectivity index (χ1) is 9.71. The summed E-state index contributed by atoms with van der Waals surface area (Å²) in [5, 5.41) is 0. The van der Waals surface area contributed by atoms with Gasteiger partial charge >= 0.3 is 0 Å². The molecule has 0 N–H and O–H groups in total. The highest BCUT2D eigenvalue weighted by Crippen LogP contribution is 2.41. The molecular weight excluding hydrogens is 254 g/mol. The molecule has 1 unspecified atom stereocenters. The number of pyridine rings is 1. The molecule has 1 saturated carbocycles. The predicted molar refractivity (Wildman–Crippen MR) is 75.2 cm³/mol. The molecule has 3 rings (SSSR count). The Kier molecular flexibility index (Phi) is 3.74. The second-order valence-corrected chi connectivity index (χ2v) is 5.93. The lowest BCUT2D eigenvalue weighted by Crippen LogP contribution is -2.41. The zero-order chi connectivity index (χ0) is 14.0. The van der Waals surface area contributed by atoms with E-state index < -0.39 is 0 Å². The van der Waals surface area contributed by atoms with E-state index in [1.54, 1.807) is 0 Å². The fraction of sp³-hybridized carbons (Fsp3) is 0.625. The quantitative estimate of drug-likeness (QED) is 0.795. The van der Waals surface area contributed by atoms with Crippen LogP contribution < -0.4 is 4.74 Å². The Morgan fingerprint density at radius 2 is 2.20 bits per heavy atom. The van der Waals surface area contributed by atoms with Gasteiger partial charge in [-0.2, -0.15) is 0 Å². The van der Waals surface area contributed by atoms with Crippen LogP contribution in [0, 0.1) is 6.92 Å². The first kappa shape index (κ1) is 13.6. The molecule has 2 aliphatic rings. The zero-order valence-electron chi connectivity index (χ0n) is 11.9. The molecule has 20 heavy (non-hydrogen) atoms. The van der Waals surface area contributed by atoms with Crippen LogP contribution in [0.1, 0.15) is 54.7 Å². The molecule has 2 fully saturated rings. The molecule has 108 valence electrons. The summed E-state index contributed by atoms with van der Waals surface area (Å²) in [5.74, 6) is 0.602. The average molecular weight is 275 g/mol. The minimum Gasteiger partial charge on any atom is -0.488 e.